The van der Waals surface area contributed by atoms with E-state index in [4.69, 9.17) is 23.2 Å². The summed E-state index contributed by atoms with van der Waals surface area (Å²) in [7, 11) is 0. The van der Waals surface area contributed by atoms with Crippen molar-refractivity contribution in [3.8, 4) is 0 Å². The van der Waals surface area contributed by atoms with Crippen LogP contribution in [0, 0.1) is 0 Å². The minimum atomic E-state index is -0.00741. The minimum absolute atomic E-state index is 0.00741. The molecule has 0 fully saturated rings. The third kappa shape index (κ3) is 3.87. The number of hydrogen-bond acceptors (Lipinski definition) is 2. The Labute approximate surface area is 169 Å². The molecule has 0 aliphatic carbocycles. The van der Waals surface area contributed by atoms with Crippen LogP contribution in [0.25, 0.3) is 6.08 Å². The van der Waals surface area contributed by atoms with Crippen LogP contribution in [-0.2, 0) is 0 Å². The van der Waals surface area contributed by atoms with Gasteiger partial charge in [0.1, 0.15) is 0 Å². The summed E-state index contributed by atoms with van der Waals surface area (Å²) < 4.78 is 0. The van der Waals surface area contributed by atoms with Gasteiger partial charge in [0.15, 0.2) is 0 Å². The Bertz CT molecular complexity index is 996. The first-order valence-electron chi connectivity index (χ1n) is 8.72. The quantitative estimate of drug-likeness (QED) is 0.533. The number of halogens is 2. The molecule has 3 aromatic rings. The van der Waals surface area contributed by atoms with Crippen molar-refractivity contribution in [1.82, 2.24) is 5.43 Å². The monoisotopic (exact) mass is 392 g/mol. The molecule has 0 bridgehead atoms. The molecule has 27 heavy (non-hydrogen) atoms. The van der Waals surface area contributed by atoms with E-state index in [9.17, 15) is 0 Å². The minimum Gasteiger partial charge on any atom is -0.298 e. The van der Waals surface area contributed by atoms with E-state index in [1.807, 2.05) is 72.8 Å². The second kappa shape index (κ2) is 7.91. The zero-order valence-electron chi connectivity index (χ0n) is 14.5. The van der Waals surface area contributed by atoms with E-state index in [1.165, 1.54) is 0 Å². The van der Waals surface area contributed by atoms with Crippen LogP contribution in [0.3, 0.4) is 0 Å². The molecule has 0 aromatic heterocycles. The van der Waals surface area contributed by atoms with Crippen LogP contribution in [0.1, 0.15) is 17.2 Å². The van der Waals surface area contributed by atoms with Crippen molar-refractivity contribution in [1.29, 1.82) is 0 Å². The number of allylic oxidation sites excluding steroid dienone is 1. The smallest absolute Gasteiger partial charge is 0.0972 e. The van der Waals surface area contributed by atoms with Crippen LogP contribution in [0.15, 0.2) is 96.7 Å². The van der Waals surface area contributed by atoms with Crippen LogP contribution >= 0.6 is 23.2 Å². The van der Waals surface area contributed by atoms with E-state index in [1.54, 1.807) is 0 Å². The van der Waals surface area contributed by atoms with Crippen LogP contribution in [0.2, 0.25) is 10.0 Å². The number of anilines is 1. The van der Waals surface area contributed by atoms with Crippen molar-refractivity contribution in [2.75, 3.05) is 5.01 Å². The van der Waals surface area contributed by atoms with Gasteiger partial charge in [0.2, 0.25) is 0 Å². The Balaban J connectivity index is 1.69. The van der Waals surface area contributed by atoms with Crippen LogP contribution in [-0.4, -0.2) is 0 Å². The van der Waals surface area contributed by atoms with Crippen molar-refractivity contribution in [2.24, 2.45) is 0 Å². The van der Waals surface area contributed by atoms with Gasteiger partial charge in [0.05, 0.1) is 17.4 Å². The Morgan fingerprint density at radius 1 is 0.741 bits per heavy atom. The average molecular weight is 393 g/mol. The fourth-order valence-corrected chi connectivity index (χ4v) is 3.58. The molecule has 1 unspecified atom stereocenters. The lowest BCUT2D eigenvalue weighted by Gasteiger charge is -2.27. The summed E-state index contributed by atoms with van der Waals surface area (Å²) in [5, 5.41) is 3.60. The van der Waals surface area contributed by atoms with Gasteiger partial charge < -0.3 is 0 Å². The van der Waals surface area contributed by atoms with Crippen LogP contribution < -0.4 is 10.4 Å². The largest absolute Gasteiger partial charge is 0.298 e. The molecule has 0 saturated heterocycles. The third-order valence-electron chi connectivity index (χ3n) is 4.47. The predicted molar refractivity (Wildman–Crippen MR) is 115 cm³/mol. The number of rotatable bonds is 4. The lowest BCUT2D eigenvalue weighted by Crippen LogP contribution is -2.34. The second-order valence-corrected chi connectivity index (χ2v) is 7.07. The predicted octanol–water partition coefficient (Wildman–Crippen LogP) is 6.66. The summed E-state index contributed by atoms with van der Waals surface area (Å²) >= 11 is 12.7. The summed E-state index contributed by atoms with van der Waals surface area (Å²) in [6, 6.07) is 25.9. The highest BCUT2D eigenvalue weighted by Gasteiger charge is 2.26. The molecule has 1 aliphatic heterocycles. The Hall–Kier alpha value is -2.68. The maximum atomic E-state index is 6.48. The first-order chi connectivity index (χ1) is 13.2. The molecular formula is C23H18Cl2N2. The lowest BCUT2D eigenvalue weighted by atomic mass is 10.1. The van der Waals surface area contributed by atoms with Crippen LogP contribution in [0.5, 0.6) is 0 Å². The van der Waals surface area contributed by atoms with Crippen molar-refractivity contribution < 1.29 is 0 Å². The number of benzene rings is 3. The standard InChI is InChI=1S/C23H18Cl2N2/c24-21-12-6-4-8-17(21)14-15-18-16-23(20-11-5-7-13-22(20)25)27(26-18)19-9-2-1-3-10-19/h1-16,23,26H/b15-14+. The molecular weight excluding hydrogens is 375 g/mol. The molecule has 3 aromatic carbocycles. The van der Waals surface area contributed by atoms with E-state index in [0.29, 0.717) is 0 Å². The van der Waals surface area contributed by atoms with Gasteiger partial charge >= 0.3 is 0 Å². The highest BCUT2D eigenvalue weighted by atomic mass is 35.5. The van der Waals surface area contributed by atoms with Crippen LogP contribution in [0.4, 0.5) is 5.69 Å². The van der Waals surface area contributed by atoms with E-state index in [2.05, 4.69) is 34.7 Å². The van der Waals surface area contributed by atoms with E-state index in [0.717, 1.165) is 32.6 Å². The summed E-state index contributed by atoms with van der Waals surface area (Å²) in [5.41, 5.74) is 7.57. The zero-order chi connectivity index (χ0) is 18.6. The molecule has 0 spiro atoms. The van der Waals surface area contributed by atoms with Gasteiger partial charge in [-0.25, -0.2) is 0 Å². The summed E-state index contributed by atoms with van der Waals surface area (Å²) in [6.07, 6.45) is 6.22. The number of nitrogens with one attached hydrogen (secondary N) is 1. The molecule has 1 N–H and O–H groups in total. The van der Waals surface area contributed by atoms with Crippen molar-refractivity contribution >= 4 is 35.0 Å². The van der Waals surface area contributed by atoms with Crippen molar-refractivity contribution in [3.05, 3.63) is 118 Å². The SMILES string of the molecule is Clc1ccccc1/C=C/C1=CC(c2ccccc2Cl)N(c2ccccc2)N1. The second-order valence-electron chi connectivity index (χ2n) is 6.26. The number of para-hydroxylation sites is 1. The van der Waals surface area contributed by atoms with Gasteiger partial charge in [-0.1, -0.05) is 83.9 Å². The first kappa shape index (κ1) is 17.7. The van der Waals surface area contributed by atoms with Gasteiger partial charge in [-0.3, -0.25) is 10.4 Å². The number of hydrogen-bond donors (Lipinski definition) is 1. The molecule has 1 atom stereocenters. The third-order valence-corrected chi connectivity index (χ3v) is 5.16. The molecule has 4 rings (SSSR count). The van der Waals surface area contributed by atoms with Crippen molar-refractivity contribution in [2.45, 2.75) is 6.04 Å². The zero-order valence-corrected chi connectivity index (χ0v) is 16.0. The maximum absolute atomic E-state index is 6.48. The molecule has 0 radical (unpaired) electrons. The highest BCUT2D eigenvalue weighted by molar-refractivity contribution is 6.32. The van der Waals surface area contributed by atoms with Gasteiger partial charge in [-0.15, -0.1) is 0 Å². The van der Waals surface area contributed by atoms with Crippen molar-refractivity contribution in [3.63, 3.8) is 0 Å². The molecule has 2 nitrogen and oxygen atoms in total. The molecule has 134 valence electrons. The van der Waals surface area contributed by atoms with E-state index in [-0.39, 0.29) is 6.04 Å². The number of hydrazine groups is 1. The fourth-order valence-electron chi connectivity index (χ4n) is 3.13. The summed E-state index contributed by atoms with van der Waals surface area (Å²) in [4.78, 5) is 0. The fraction of sp³-hybridized carbons (Fsp3) is 0.0435. The van der Waals surface area contributed by atoms with Gasteiger partial charge in [-0.05, 0) is 47.5 Å². The molecule has 0 amide bonds. The van der Waals surface area contributed by atoms with Gasteiger partial charge in [-0.2, -0.15) is 0 Å². The number of nitrogens with zero attached hydrogens (tertiary/aromatic N) is 1. The molecule has 1 aliphatic rings. The topological polar surface area (TPSA) is 15.3 Å². The maximum Gasteiger partial charge on any atom is 0.0972 e. The summed E-state index contributed by atoms with van der Waals surface area (Å²) in [6.45, 7) is 0. The molecule has 1 heterocycles. The molecule has 0 saturated carbocycles. The first-order valence-corrected chi connectivity index (χ1v) is 9.48. The van der Waals surface area contributed by atoms with Gasteiger partial charge in [0.25, 0.3) is 0 Å². The summed E-state index contributed by atoms with van der Waals surface area (Å²) in [5.74, 6) is 0. The Kier molecular flexibility index (Phi) is 5.19. The normalized spacial score (nSPS) is 16.4. The van der Waals surface area contributed by atoms with Gasteiger partial charge in [0, 0.05) is 10.0 Å². The Morgan fingerprint density at radius 3 is 2.15 bits per heavy atom. The van der Waals surface area contributed by atoms with E-state index >= 15 is 0 Å². The van der Waals surface area contributed by atoms with E-state index < -0.39 is 0 Å². The Morgan fingerprint density at radius 2 is 1.41 bits per heavy atom. The highest BCUT2D eigenvalue weighted by Crippen LogP contribution is 2.35. The average Bonchev–Trinajstić information content (AvgIpc) is 3.12. The molecule has 4 heteroatoms. The lowest BCUT2D eigenvalue weighted by molar-refractivity contribution is 0.710.